The number of fused-ring (bicyclic) bond motifs is 1. The number of benzene rings is 2. The largest absolute Gasteiger partial charge is 0.469 e. The number of ether oxygens (including phenoxy) is 1. The number of nitrogens with zero attached hydrogens (tertiary/aromatic N) is 4. The maximum absolute atomic E-state index is 12.6. The number of hydrogen-bond donors (Lipinski definition) is 0. The number of nitriles is 1. The Labute approximate surface area is 168 Å². The molecule has 0 N–H and O–H groups in total. The second kappa shape index (κ2) is 8.45. The number of amides is 1. The Kier molecular flexibility index (Phi) is 5.80. The van der Waals surface area contributed by atoms with Gasteiger partial charge in [-0.3, -0.25) is 19.7 Å². The summed E-state index contributed by atoms with van der Waals surface area (Å²) in [7, 11) is 1.28. The third-order valence-corrected chi connectivity index (χ3v) is 5.14. The van der Waals surface area contributed by atoms with Crippen LogP contribution >= 0.6 is 11.3 Å². The van der Waals surface area contributed by atoms with E-state index in [9.17, 15) is 19.7 Å². The van der Waals surface area contributed by atoms with Gasteiger partial charge in [0, 0.05) is 24.2 Å². The fourth-order valence-electron chi connectivity index (χ4n) is 2.62. The molecule has 0 saturated carbocycles. The first-order valence-corrected chi connectivity index (χ1v) is 9.18. The number of aryl methyl sites for hydroxylation is 1. The zero-order chi connectivity index (χ0) is 21.0. The molecule has 0 atom stereocenters. The van der Waals surface area contributed by atoms with Gasteiger partial charge in [-0.25, -0.2) is 0 Å². The van der Waals surface area contributed by atoms with E-state index >= 15 is 0 Å². The Morgan fingerprint density at radius 1 is 1.28 bits per heavy atom. The standard InChI is InChI=1S/C19H14N4O5S/c1-28-17(24)8-9-22-15-7-6-14(23(26)27)10-16(15)29-19(22)21-18(25)13-4-2-12(11-20)3-5-13/h2-7,10H,8-9H2,1H3. The number of esters is 1. The van der Waals surface area contributed by atoms with E-state index in [1.54, 1.807) is 10.6 Å². The lowest BCUT2D eigenvalue weighted by Gasteiger charge is -2.04. The van der Waals surface area contributed by atoms with Crippen LogP contribution in [-0.4, -0.2) is 28.5 Å². The Morgan fingerprint density at radius 3 is 2.62 bits per heavy atom. The van der Waals surface area contributed by atoms with E-state index in [4.69, 9.17) is 5.26 Å². The summed E-state index contributed by atoms with van der Waals surface area (Å²) < 4.78 is 6.88. The molecule has 1 amide bonds. The number of nitro benzene ring substituents is 1. The maximum Gasteiger partial charge on any atom is 0.307 e. The van der Waals surface area contributed by atoms with Gasteiger partial charge in [-0.2, -0.15) is 10.3 Å². The summed E-state index contributed by atoms with van der Waals surface area (Å²) in [6, 6.07) is 12.3. The Morgan fingerprint density at radius 2 is 2.00 bits per heavy atom. The summed E-state index contributed by atoms with van der Waals surface area (Å²) in [6.45, 7) is 0.198. The molecule has 0 radical (unpaired) electrons. The van der Waals surface area contributed by atoms with Gasteiger partial charge in [-0.05, 0) is 30.3 Å². The van der Waals surface area contributed by atoms with Crippen molar-refractivity contribution in [1.82, 2.24) is 4.57 Å². The number of carbonyl (C=O) groups excluding carboxylic acids is 2. The molecule has 9 nitrogen and oxygen atoms in total. The average molecular weight is 410 g/mol. The van der Waals surface area contributed by atoms with Crippen LogP contribution in [0.5, 0.6) is 0 Å². The predicted octanol–water partition coefficient (Wildman–Crippen LogP) is 2.79. The summed E-state index contributed by atoms with van der Waals surface area (Å²) in [5, 5.41) is 19.9. The summed E-state index contributed by atoms with van der Waals surface area (Å²) in [5.74, 6) is -0.953. The van der Waals surface area contributed by atoms with Gasteiger partial charge < -0.3 is 9.30 Å². The molecule has 0 aliphatic heterocycles. The Bertz CT molecular complexity index is 1220. The van der Waals surface area contributed by atoms with Crippen molar-refractivity contribution in [3.63, 3.8) is 0 Å². The number of rotatable bonds is 5. The highest BCUT2D eigenvalue weighted by atomic mass is 32.1. The van der Waals surface area contributed by atoms with Crippen LogP contribution in [0.3, 0.4) is 0 Å². The predicted molar refractivity (Wildman–Crippen MR) is 104 cm³/mol. The molecule has 29 heavy (non-hydrogen) atoms. The number of carbonyl (C=O) groups is 2. The minimum atomic E-state index is -0.526. The molecule has 0 unspecified atom stereocenters. The minimum absolute atomic E-state index is 0.0531. The van der Waals surface area contributed by atoms with Gasteiger partial charge in [-0.15, -0.1) is 0 Å². The van der Waals surface area contributed by atoms with Crippen molar-refractivity contribution >= 4 is 39.1 Å². The van der Waals surface area contributed by atoms with E-state index in [-0.39, 0.29) is 18.7 Å². The molecule has 2 aromatic carbocycles. The van der Waals surface area contributed by atoms with Crippen molar-refractivity contribution in [3.8, 4) is 6.07 Å². The highest BCUT2D eigenvalue weighted by Gasteiger charge is 2.14. The number of thiazole rings is 1. The van der Waals surface area contributed by atoms with Gasteiger partial charge in [0.1, 0.15) is 0 Å². The van der Waals surface area contributed by atoms with Crippen molar-refractivity contribution in [2.45, 2.75) is 13.0 Å². The fraction of sp³-hybridized carbons (Fsp3) is 0.158. The molecule has 0 spiro atoms. The van der Waals surface area contributed by atoms with E-state index in [0.29, 0.717) is 26.1 Å². The lowest BCUT2D eigenvalue weighted by molar-refractivity contribution is -0.384. The number of aromatic nitrogens is 1. The molecule has 3 aromatic rings. The lowest BCUT2D eigenvalue weighted by Crippen LogP contribution is -2.19. The minimum Gasteiger partial charge on any atom is -0.469 e. The van der Waals surface area contributed by atoms with E-state index < -0.39 is 16.8 Å². The van der Waals surface area contributed by atoms with Crippen molar-refractivity contribution < 1.29 is 19.2 Å². The van der Waals surface area contributed by atoms with Crippen LogP contribution in [0.1, 0.15) is 22.3 Å². The molecule has 146 valence electrons. The first-order valence-electron chi connectivity index (χ1n) is 8.36. The third-order valence-electron chi connectivity index (χ3n) is 4.10. The molecule has 0 bridgehead atoms. The van der Waals surface area contributed by atoms with Gasteiger partial charge in [0.2, 0.25) is 0 Å². The molecule has 10 heteroatoms. The van der Waals surface area contributed by atoms with E-state index in [1.165, 1.54) is 43.5 Å². The molecule has 0 aliphatic rings. The molecule has 3 rings (SSSR count). The van der Waals surface area contributed by atoms with E-state index in [2.05, 4.69) is 9.73 Å². The Hall–Kier alpha value is -3.84. The zero-order valence-corrected chi connectivity index (χ0v) is 16.0. The van der Waals surface area contributed by atoms with Gasteiger partial charge in [0.05, 0.1) is 40.3 Å². The van der Waals surface area contributed by atoms with Crippen LogP contribution in [0.4, 0.5) is 5.69 Å². The fourth-order valence-corrected chi connectivity index (χ4v) is 3.71. The first kappa shape index (κ1) is 19.9. The molecule has 0 saturated heterocycles. The van der Waals surface area contributed by atoms with Crippen LogP contribution in [-0.2, 0) is 16.1 Å². The molecule has 1 heterocycles. The normalized spacial score (nSPS) is 11.2. The highest BCUT2D eigenvalue weighted by molar-refractivity contribution is 7.16. The van der Waals surface area contributed by atoms with Gasteiger partial charge in [-0.1, -0.05) is 11.3 Å². The van der Waals surface area contributed by atoms with Crippen LogP contribution in [0, 0.1) is 21.4 Å². The van der Waals surface area contributed by atoms with Gasteiger partial charge in [0.15, 0.2) is 4.80 Å². The van der Waals surface area contributed by atoms with Crippen LogP contribution in [0.2, 0.25) is 0 Å². The van der Waals surface area contributed by atoms with Crippen molar-refractivity contribution in [2.75, 3.05) is 7.11 Å². The summed E-state index contributed by atoms with van der Waals surface area (Å²) in [6.07, 6.45) is 0.0531. The highest BCUT2D eigenvalue weighted by Crippen LogP contribution is 2.23. The molecular weight excluding hydrogens is 396 g/mol. The quantitative estimate of drug-likeness (QED) is 0.361. The Balaban J connectivity index is 2.08. The number of nitro groups is 1. The zero-order valence-electron chi connectivity index (χ0n) is 15.2. The van der Waals surface area contributed by atoms with Crippen molar-refractivity contribution in [3.05, 3.63) is 68.5 Å². The van der Waals surface area contributed by atoms with Crippen molar-refractivity contribution in [1.29, 1.82) is 5.26 Å². The lowest BCUT2D eigenvalue weighted by atomic mass is 10.1. The summed E-state index contributed by atoms with van der Waals surface area (Å²) >= 11 is 1.11. The SMILES string of the molecule is COC(=O)CCn1c(=NC(=O)c2ccc(C#N)cc2)sc2cc([N+](=O)[O-])ccc21. The number of non-ortho nitro benzene ring substituents is 1. The monoisotopic (exact) mass is 410 g/mol. The summed E-state index contributed by atoms with van der Waals surface area (Å²) in [5.41, 5.74) is 1.26. The maximum atomic E-state index is 12.6. The average Bonchev–Trinajstić information content (AvgIpc) is 3.07. The van der Waals surface area contributed by atoms with E-state index in [1.807, 2.05) is 6.07 Å². The second-order valence-corrected chi connectivity index (χ2v) is 6.89. The number of methoxy groups -OCH3 is 1. The van der Waals surface area contributed by atoms with Crippen LogP contribution < -0.4 is 4.80 Å². The molecule has 0 aliphatic carbocycles. The summed E-state index contributed by atoms with van der Waals surface area (Å²) in [4.78, 5) is 39.1. The smallest absolute Gasteiger partial charge is 0.307 e. The molecule has 0 fully saturated rings. The van der Waals surface area contributed by atoms with E-state index in [0.717, 1.165) is 11.3 Å². The molecule has 1 aromatic heterocycles. The topological polar surface area (TPSA) is 128 Å². The second-order valence-electron chi connectivity index (χ2n) is 5.88. The van der Waals surface area contributed by atoms with Gasteiger partial charge in [0.25, 0.3) is 11.6 Å². The van der Waals surface area contributed by atoms with Crippen molar-refractivity contribution in [2.24, 2.45) is 4.99 Å². The van der Waals surface area contributed by atoms with Crippen LogP contribution in [0.25, 0.3) is 10.2 Å². The molecular formula is C19H14N4O5S. The van der Waals surface area contributed by atoms with Crippen LogP contribution in [0.15, 0.2) is 47.5 Å². The number of hydrogen-bond acceptors (Lipinski definition) is 7. The third kappa shape index (κ3) is 4.36. The van der Waals surface area contributed by atoms with Gasteiger partial charge >= 0.3 is 5.97 Å². The first-order chi connectivity index (χ1) is 13.9.